The topological polar surface area (TPSA) is 653 Å². The summed E-state index contributed by atoms with van der Waals surface area (Å²) < 4.78 is 0. The molecule has 3 saturated heterocycles. The van der Waals surface area contributed by atoms with Gasteiger partial charge in [-0.1, -0.05) is 90.4 Å². The van der Waals surface area contributed by atoms with E-state index in [4.69, 9.17) is 34.4 Å². The first-order valence-electron chi connectivity index (χ1n) is 40.2. The molecule has 40 heteroatoms. The number of phenols is 1. The minimum atomic E-state index is -1.92. The Kier molecular flexibility index (Phi) is 40.0. The summed E-state index contributed by atoms with van der Waals surface area (Å²) in [5, 5.41) is 58.7. The Morgan fingerprint density at radius 1 is 0.492 bits per heavy atom. The second-order valence-electron chi connectivity index (χ2n) is 30.9. The van der Waals surface area contributed by atoms with E-state index >= 15 is 9.59 Å². The minimum absolute atomic E-state index is 0.00249. The van der Waals surface area contributed by atoms with Gasteiger partial charge in [0.25, 0.3) is 0 Å². The van der Waals surface area contributed by atoms with Crippen LogP contribution in [0.15, 0.2) is 64.6 Å². The number of aromatic hydroxyl groups is 1. The van der Waals surface area contributed by atoms with Crippen LogP contribution in [0.2, 0.25) is 0 Å². The van der Waals surface area contributed by atoms with Crippen molar-refractivity contribution in [2.75, 3.05) is 32.7 Å². The van der Waals surface area contributed by atoms with Crippen LogP contribution in [0, 0.1) is 17.8 Å². The van der Waals surface area contributed by atoms with Crippen LogP contribution in [-0.4, -0.2) is 243 Å². The summed E-state index contributed by atoms with van der Waals surface area (Å²) in [4.78, 5) is 234. The predicted octanol–water partition coefficient (Wildman–Crippen LogP) is -3.51. The third-order valence-corrected chi connectivity index (χ3v) is 20.4. The van der Waals surface area contributed by atoms with Crippen molar-refractivity contribution in [2.45, 2.75) is 255 Å². The van der Waals surface area contributed by atoms with Gasteiger partial charge < -0.3 is 118 Å². The van der Waals surface area contributed by atoms with Gasteiger partial charge in [0.1, 0.15) is 84.3 Å². The summed E-state index contributed by atoms with van der Waals surface area (Å²) in [7, 11) is 0. The summed E-state index contributed by atoms with van der Waals surface area (Å²) >= 11 is 0. The highest BCUT2D eigenvalue weighted by Crippen LogP contribution is 2.25. The molecule has 3 aliphatic heterocycles. The first-order valence-corrected chi connectivity index (χ1v) is 40.2. The molecule has 0 spiro atoms. The van der Waals surface area contributed by atoms with Gasteiger partial charge in [0.15, 0.2) is 11.9 Å². The van der Waals surface area contributed by atoms with Gasteiger partial charge >= 0.3 is 11.9 Å². The zero-order valence-electron chi connectivity index (χ0n) is 67.9. The second kappa shape index (κ2) is 48.7. The van der Waals surface area contributed by atoms with Gasteiger partial charge in [-0.05, 0) is 144 Å². The number of hydrogen-bond donors (Lipinski definition) is 20. The fourth-order valence-corrected chi connectivity index (χ4v) is 14.0. The Balaban J connectivity index is 1.41. The lowest BCUT2D eigenvalue weighted by Gasteiger charge is -2.32. The Hall–Kier alpha value is -11.7. The van der Waals surface area contributed by atoms with Gasteiger partial charge in [-0.3, -0.25) is 81.9 Å². The van der Waals surface area contributed by atoms with Crippen LogP contribution in [0.4, 0.5) is 0 Å². The molecule has 652 valence electrons. The van der Waals surface area contributed by atoms with Crippen LogP contribution in [0.5, 0.6) is 5.75 Å². The third-order valence-electron chi connectivity index (χ3n) is 20.4. The van der Waals surface area contributed by atoms with E-state index in [-0.39, 0.29) is 164 Å². The number of nitrogens with two attached hydrogens (primary N) is 6. The number of guanidine groups is 2. The Labute approximate surface area is 685 Å². The molecule has 0 radical (unpaired) electrons. The van der Waals surface area contributed by atoms with Crippen LogP contribution in [-0.2, 0) is 89.6 Å². The van der Waals surface area contributed by atoms with Crippen LogP contribution < -0.4 is 92.9 Å². The maximum Gasteiger partial charge on any atom is 0.326 e. The lowest BCUT2D eigenvalue weighted by molar-refractivity contribution is -0.144. The number of primary amides is 1. The second-order valence-corrected chi connectivity index (χ2v) is 30.9. The van der Waals surface area contributed by atoms with Gasteiger partial charge in [-0.2, -0.15) is 0 Å². The number of aliphatic carboxylic acids is 2. The van der Waals surface area contributed by atoms with E-state index in [9.17, 15) is 82.4 Å². The predicted molar refractivity (Wildman–Crippen MR) is 431 cm³/mol. The molecule has 3 fully saturated rings. The van der Waals surface area contributed by atoms with E-state index in [1.165, 1.54) is 34.1 Å². The van der Waals surface area contributed by atoms with E-state index in [1.807, 2.05) is 0 Å². The van der Waals surface area contributed by atoms with E-state index < -0.39 is 192 Å². The zero-order valence-corrected chi connectivity index (χ0v) is 67.9. The number of unbranched alkanes of at least 4 members (excludes halogenated alkanes) is 1. The summed E-state index contributed by atoms with van der Waals surface area (Å²) in [5.41, 5.74) is 35.1. The number of rotatable bonds is 50. The number of carbonyl (C=O) groups is 16. The molecule has 40 nitrogen and oxygen atoms in total. The summed E-state index contributed by atoms with van der Waals surface area (Å²) in [6, 6.07) is -4.21. The molecule has 14 amide bonds. The first kappa shape index (κ1) is 96.8. The number of phenolic OH excluding ortho intramolecular Hbond substituents is 1. The van der Waals surface area contributed by atoms with Crippen molar-refractivity contribution in [3.63, 3.8) is 0 Å². The van der Waals surface area contributed by atoms with Gasteiger partial charge in [0.2, 0.25) is 82.7 Å². The maximum absolute atomic E-state index is 15.1. The maximum atomic E-state index is 15.1. The number of likely N-dealkylation sites (tertiary alicyclic amines) is 2. The van der Waals surface area contributed by atoms with Gasteiger partial charge in [0, 0.05) is 51.9 Å². The summed E-state index contributed by atoms with van der Waals surface area (Å²) in [6.07, 6.45) is -1.10. The van der Waals surface area contributed by atoms with E-state index in [1.54, 1.807) is 71.9 Å². The van der Waals surface area contributed by atoms with Crippen molar-refractivity contribution in [2.24, 2.45) is 62.1 Å². The number of carboxylic acid groups (broad SMARTS) is 2. The molecule has 118 heavy (non-hydrogen) atoms. The van der Waals surface area contributed by atoms with Crippen molar-refractivity contribution in [3.8, 4) is 5.75 Å². The van der Waals surface area contributed by atoms with Crippen LogP contribution in [0.25, 0.3) is 0 Å². The quantitative estimate of drug-likeness (QED) is 0.0173. The minimum Gasteiger partial charge on any atom is -0.508 e. The normalized spacial score (nSPS) is 17.8. The highest BCUT2D eigenvalue weighted by Gasteiger charge is 2.44. The molecule has 14 atom stereocenters. The average Bonchev–Trinajstić information content (AvgIpc) is 1.63. The number of hydrogen-bond acceptors (Lipinski definition) is 20. The smallest absolute Gasteiger partial charge is 0.326 e. The lowest BCUT2D eigenvalue weighted by Crippen LogP contribution is -2.61. The fraction of sp³-hybridized carbons (Fsp3) is 0.615. The number of nitrogens with one attached hydrogen (secondary N) is 11. The molecule has 2 aromatic rings. The number of aliphatic imine (C=N–C) groups is 2. The lowest BCUT2D eigenvalue weighted by atomic mass is 9.96. The number of nitrogens with zero attached hydrogens (tertiary/aromatic N) is 4. The van der Waals surface area contributed by atoms with Crippen LogP contribution in [0.1, 0.15) is 175 Å². The number of carbonyl (C=O) groups excluding carboxylic acids is 14. The molecule has 26 N–H and O–H groups in total. The monoisotopic (exact) mass is 1660 g/mol. The molecular weight excluding hydrogens is 1530 g/mol. The van der Waals surface area contributed by atoms with E-state index in [2.05, 4.69) is 68.5 Å². The molecule has 0 bridgehead atoms. The Bertz CT molecular complexity index is 3860. The van der Waals surface area contributed by atoms with Crippen LogP contribution >= 0.6 is 0 Å². The SMILES string of the molecule is CC[C@H](C)[C@H](NC(=O)[C@@H](Cc1ccccc1)NC(=O)[C@@H]1CCCN1C(=O)[C@H](CCCN=C(N)N)NC(=O)[C@H](CCCN=C(N)N)NC(=O)[C@@H]1CCCN1C(=O)[C@H](CCCCN)NC(=O)C(CC(N)=O)NC(=O)[C@H](CCC(=O)O)NC(=O)[C@H](Cc1ccc(O)cc1)NC(=O)[C@H](CC(C)C)NC(=O)[C@@H]1CCC(=O)N1)C(=O)N[C@@H](CC(C)C)C(=O)O. The molecule has 0 aliphatic carbocycles. The average molecular weight is 1660 g/mol. The standard InChI is InChI=1S/C78H121N21O19/c1-7-44(6)63(73(114)96-57(76(117)118)38-43(4)5)97-70(111)55(39-45-17-9-8-10-18-45)95-72(113)59-23-16-36-99(59)75(116)52(21-14-34-86-78(83)84)90-64(105)48(20-13-33-85-77(81)82)89-71(112)58-22-15-35-98(58)74(115)51(19-11-12-32-79)91-69(110)56(41-60(80)101)94-66(107)50(29-31-62(103)104)88-68(109)54(40-46-24-26-47(100)27-25-46)93-67(108)53(37-42(2)3)92-65(106)49-28-30-61(102)87-49/h8-10,17-18,24-27,42-44,48-59,63,100H,7,11-16,19-23,28-41,79H2,1-6H3,(H2,80,101)(H,87,102)(H,88,109)(H,89,112)(H,90,105)(H,91,110)(H,92,106)(H,93,108)(H,94,107)(H,95,113)(H,96,114)(H,97,111)(H,103,104)(H,117,118)(H4,81,82,85)(H4,83,84,86)/t44-,48-,49-,50-,51-,52-,53-,54-,55+,56?,57-,58-,59-,63-/m0/s1. The number of benzene rings is 2. The largest absolute Gasteiger partial charge is 0.508 e. The van der Waals surface area contributed by atoms with Crippen molar-refractivity contribution < 1.29 is 92.0 Å². The van der Waals surface area contributed by atoms with E-state index in [0.29, 0.717) is 30.4 Å². The van der Waals surface area contributed by atoms with Crippen molar-refractivity contribution >= 4 is 107 Å². The molecule has 3 aliphatic rings. The molecule has 0 aromatic heterocycles. The van der Waals surface area contributed by atoms with Crippen molar-refractivity contribution in [1.29, 1.82) is 0 Å². The van der Waals surface area contributed by atoms with E-state index in [0.717, 1.165) is 0 Å². The van der Waals surface area contributed by atoms with Crippen molar-refractivity contribution in [1.82, 2.24) is 68.3 Å². The molecule has 0 saturated carbocycles. The van der Waals surface area contributed by atoms with Gasteiger partial charge in [-0.15, -0.1) is 0 Å². The molecule has 5 rings (SSSR count). The summed E-state index contributed by atoms with van der Waals surface area (Å²) in [6.45, 7) is 10.6. The molecular formula is C78H121N21O19. The van der Waals surface area contributed by atoms with Gasteiger partial charge in [0.05, 0.1) is 6.42 Å². The van der Waals surface area contributed by atoms with Crippen LogP contribution in [0.3, 0.4) is 0 Å². The third kappa shape index (κ3) is 32.4. The highest BCUT2D eigenvalue weighted by molar-refractivity contribution is 6.01. The molecule has 3 heterocycles. The first-order chi connectivity index (χ1) is 55.9. The highest BCUT2D eigenvalue weighted by atomic mass is 16.4. The number of amides is 14. The number of carboxylic acids is 2. The molecule has 1 unspecified atom stereocenters. The Morgan fingerprint density at radius 2 is 0.924 bits per heavy atom. The fourth-order valence-electron chi connectivity index (χ4n) is 14.0. The van der Waals surface area contributed by atoms with Crippen molar-refractivity contribution in [3.05, 3.63) is 65.7 Å². The summed E-state index contributed by atoms with van der Waals surface area (Å²) in [5.74, 6) is -16.3. The Morgan fingerprint density at radius 3 is 1.42 bits per heavy atom. The van der Waals surface area contributed by atoms with Gasteiger partial charge in [-0.25, -0.2) is 4.79 Å². The zero-order chi connectivity index (χ0) is 87.5. The molecule has 2 aromatic carbocycles.